The van der Waals surface area contributed by atoms with E-state index in [-0.39, 0.29) is 0 Å². The Balaban J connectivity index is 1.72. The first-order chi connectivity index (χ1) is 8.86. The van der Waals surface area contributed by atoms with Crippen molar-refractivity contribution in [1.82, 2.24) is 10.1 Å². The van der Waals surface area contributed by atoms with Gasteiger partial charge in [-0.05, 0) is 12.0 Å². The number of hydrogen-bond donors (Lipinski definition) is 1. The Morgan fingerprint density at radius 3 is 2.94 bits per heavy atom. The highest BCUT2D eigenvalue weighted by Gasteiger charge is 2.23. The van der Waals surface area contributed by atoms with Crippen molar-refractivity contribution < 1.29 is 4.52 Å². The molecule has 94 valence electrons. The largest absolute Gasteiger partial charge is 0.357 e. The van der Waals surface area contributed by atoms with Crippen LogP contribution in [0.25, 0.3) is 0 Å². The van der Waals surface area contributed by atoms with Gasteiger partial charge in [0.05, 0.1) is 0 Å². The highest BCUT2D eigenvalue weighted by molar-refractivity contribution is 5.44. The summed E-state index contributed by atoms with van der Waals surface area (Å²) >= 11 is 0. The van der Waals surface area contributed by atoms with Crippen molar-refractivity contribution in [2.45, 2.75) is 19.5 Å². The van der Waals surface area contributed by atoms with Gasteiger partial charge in [0.2, 0.25) is 5.88 Å². The van der Waals surface area contributed by atoms with Gasteiger partial charge in [-0.2, -0.15) is 0 Å². The van der Waals surface area contributed by atoms with Gasteiger partial charge in [0, 0.05) is 32.2 Å². The van der Waals surface area contributed by atoms with Crippen LogP contribution in [-0.4, -0.2) is 23.6 Å². The Bertz CT molecular complexity index is 521. The third-order valence-corrected chi connectivity index (χ3v) is 3.40. The van der Waals surface area contributed by atoms with Gasteiger partial charge in [-0.3, -0.25) is 4.90 Å². The molecule has 0 saturated heterocycles. The third-order valence-electron chi connectivity index (χ3n) is 3.40. The standard InChI is InChI=1S/C14H17N3O/c1-15-14-12-7-8-17(10-13(12)16-18-14)9-11-5-3-2-4-6-11/h2-6,15H,7-10H2,1H3. The molecule has 1 N–H and O–H groups in total. The van der Waals surface area contributed by atoms with E-state index in [0.29, 0.717) is 0 Å². The highest BCUT2D eigenvalue weighted by Crippen LogP contribution is 2.26. The molecule has 0 aliphatic carbocycles. The molecule has 4 nitrogen and oxygen atoms in total. The van der Waals surface area contributed by atoms with Crippen LogP contribution >= 0.6 is 0 Å². The van der Waals surface area contributed by atoms with Gasteiger partial charge in [0.15, 0.2) is 0 Å². The quantitative estimate of drug-likeness (QED) is 0.898. The molecule has 0 amide bonds. The van der Waals surface area contributed by atoms with Crippen molar-refractivity contribution in [3.8, 4) is 0 Å². The van der Waals surface area contributed by atoms with Crippen LogP contribution in [0.5, 0.6) is 0 Å². The minimum Gasteiger partial charge on any atom is -0.357 e. The van der Waals surface area contributed by atoms with Crippen molar-refractivity contribution >= 4 is 5.88 Å². The zero-order valence-corrected chi connectivity index (χ0v) is 10.5. The van der Waals surface area contributed by atoms with Crippen molar-refractivity contribution in [3.63, 3.8) is 0 Å². The number of fused-ring (bicyclic) bond motifs is 1. The summed E-state index contributed by atoms with van der Waals surface area (Å²) in [4.78, 5) is 2.40. The van der Waals surface area contributed by atoms with Crippen LogP contribution in [0.2, 0.25) is 0 Å². The van der Waals surface area contributed by atoms with Crippen molar-refractivity contribution in [2.75, 3.05) is 18.9 Å². The first kappa shape index (κ1) is 11.3. The minimum atomic E-state index is 0.823. The second-order valence-corrected chi connectivity index (χ2v) is 4.63. The van der Waals surface area contributed by atoms with E-state index in [1.165, 1.54) is 11.1 Å². The number of rotatable bonds is 3. The fraction of sp³-hybridized carbons (Fsp3) is 0.357. The summed E-state index contributed by atoms with van der Waals surface area (Å²) in [6, 6.07) is 10.5. The van der Waals surface area contributed by atoms with Crippen LogP contribution in [0.3, 0.4) is 0 Å². The smallest absolute Gasteiger partial charge is 0.227 e. The van der Waals surface area contributed by atoms with Crippen molar-refractivity contribution in [3.05, 3.63) is 47.2 Å². The fourth-order valence-electron chi connectivity index (χ4n) is 2.46. The van der Waals surface area contributed by atoms with Gasteiger partial charge in [0.25, 0.3) is 0 Å². The lowest BCUT2D eigenvalue weighted by atomic mass is 10.1. The monoisotopic (exact) mass is 243 g/mol. The maximum Gasteiger partial charge on any atom is 0.227 e. The molecule has 0 fully saturated rings. The number of nitrogens with zero attached hydrogens (tertiary/aromatic N) is 2. The van der Waals surface area contributed by atoms with Crippen LogP contribution in [0.4, 0.5) is 5.88 Å². The van der Waals surface area contributed by atoms with Gasteiger partial charge in [-0.1, -0.05) is 35.5 Å². The molecule has 0 spiro atoms. The molecule has 18 heavy (non-hydrogen) atoms. The fourth-order valence-corrected chi connectivity index (χ4v) is 2.46. The van der Waals surface area contributed by atoms with Crippen LogP contribution in [0, 0.1) is 0 Å². The zero-order chi connectivity index (χ0) is 12.4. The van der Waals surface area contributed by atoms with E-state index < -0.39 is 0 Å². The topological polar surface area (TPSA) is 41.3 Å². The van der Waals surface area contributed by atoms with E-state index in [2.05, 4.69) is 45.7 Å². The lowest BCUT2D eigenvalue weighted by molar-refractivity contribution is 0.239. The Labute approximate surface area is 107 Å². The second kappa shape index (κ2) is 4.82. The maximum absolute atomic E-state index is 5.28. The average Bonchev–Trinajstić information content (AvgIpc) is 2.82. The van der Waals surface area contributed by atoms with E-state index in [0.717, 1.165) is 37.6 Å². The molecule has 0 unspecified atom stereocenters. The van der Waals surface area contributed by atoms with Crippen LogP contribution in [-0.2, 0) is 19.5 Å². The molecule has 1 aliphatic heterocycles. The number of anilines is 1. The van der Waals surface area contributed by atoms with E-state index in [4.69, 9.17) is 4.52 Å². The van der Waals surface area contributed by atoms with Crippen LogP contribution in [0.15, 0.2) is 34.9 Å². The summed E-state index contributed by atoms with van der Waals surface area (Å²) in [7, 11) is 1.87. The van der Waals surface area contributed by atoms with Crippen molar-refractivity contribution in [1.29, 1.82) is 0 Å². The van der Waals surface area contributed by atoms with Gasteiger partial charge < -0.3 is 9.84 Å². The van der Waals surface area contributed by atoms with Crippen LogP contribution in [0.1, 0.15) is 16.8 Å². The second-order valence-electron chi connectivity index (χ2n) is 4.63. The minimum absolute atomic E-state index is 0.823. The van der Waals surface area contributed by atoms with E-state index in [9.17, 15) is 0 Å². The first-order valence-corrected chi connectivity index (χ1v) is 6.28. The van der Waals surface area contributed by atoms with Gasteiger partial charge in [0.1, 0.15) is 5.69 Å². The molecule has 2 aromatic rings. The van der Waals surface area contributed by atoms with Gasteiger partial charge >= 0.3 is 0 Å². The molecular weight excluding hydrogens is 226 g/mol. The number of aromatic nitrogens is 1. The molecule has 2 heterocycles. The van der Waals surface area contributed by atoms with E-state index >= 15 is 0 Å². The average molecular weight is 243 g/mol. The molecule has 0 bridgehead atoms. The van der Waals surface area contributed by atoms with Gasteiger partial charge in [-0.15, -0.1) is 0 Å². The predicted octanol–water partition coefficient (Wildman–Crippen LogP) is 2.27. The first-order valence-electron chi connectivity index (χ1n) is 6.28. The van der Waals surface area contributed by atoms with Crippen molar-refractivity contribution in [2.24, 2.45) is 0 Å². The SMILES string of the molecule is CNc1onc2c1CCN(Cc1ccccc1)C2. The molecule has 1 aromatic heterocycles. The molecule has 3 rings (SSSR count). The Morgan fingerprint density at radius 2 is 2.17 bits per heavy atom. The number of hydrogen-bond acceptors (Lipinski definition) is 4. The highest BCUT2D eigenvalue weighted by atomic mass is 16.5. The Kier molecular flexibility index (Phi) is 3.02. The lowest BCUT2D eigenvalue weighted by Crippen LogP contribution is -2.30. The van der Waals surface area contributed by atoms with Gasteiger partial charge in [-0.25, -0.2) is 0 Å². The van der Waals surface area contributed by atoms with E-state index in [1.807, 2.05) is 7.05 Å². The number of benzene rings is 1. The summed E-state index contributed by atoms with van der Waals surface area (Å²) in [5, 5.41) is 7.19. The molecule has 0 saturated carbocycles. The maximum atomic E-state index is 5.28. The molecule has 4 heteroatoms. The summed E-state index contributed by atoms with van der Waals surface area (Å²) in [6.45, 7) is 2.90. The predicted molar refractivity (Wildman–Crippen MR) is 70.3 cm³/mol. The Morgan fingerprint density at radius 1 is 1.33 bits per heavy atom. The molecule has 0 radical (unpaired) electrons. The number of nitrogens with one attached hydrogen (secondary N) is 1. The normalized spacial score (nSPS) is 15.4. The van der Waals surface area contributed by atoms with E-state index in [1.54, 1.807) is 0 Å². The third kappa shape index (κ3) is 2.11. The molecule has 1 aliphatic rings. The molecule has 1 aromatic carbocycles. The Hall–Kier alpha value is -1.81. The molecule has 0 atom stereocenters. The van der Waals surface area contributed by atoms with Crippen LogP contribution < -0.4 is 5.32 Å². The summed E-state index contributed by atoms with van der Waals surface area (Å²) in [5.41, 5.74) is 3.65. The summed E-state index contributed by atoms with van der Waals surface area (Å²) < 4.78 is 5.28. The molecular formula is C14H17N3O. The summed E-state index contributed by atoms with van der Waals surface area (Å²) in [6.07, 6.45) is 1.00. The summed E-state index contributed by atoms with van der Waals surface area (Å²) in [5.74, 6) is 0.823. The zero-order valence-electron chi connectivity index (χ0n) is 10.5. The lowest BCUT2D eigenvalue weighted by Gasteiger charge is -2.25.